The van der Waals surface area contributed by atoms with E-state index >= 15 is 0 Å². The molecular weight excluding hydrogens is 552 g/mol. The summed E-state index contributed by atoms with van der Waals surface area (Å²) in [7, 11) is 1.35. The quantitative estimate of drug-likeness (QED) is 0.412. The van der Waals surface area contributed by atoms with Crippen molar-refractivity contribution in [2.45, 2.75) is 56.7 Å². The zero-order valence-corrected chi connectivity index (χ0v) is 22.9. The van der Waals surface area contributed by atoms with Crippen LogP contribution < -0.4 is 0 Å². The monoisotopic (exact) mass is 587 g/mol. The first-order valence-electron chi connectivity index (χ1n) is 13.6. The van der Waals surface area contributed by atoms with Crippen molar-refractivity contribution in [2.24, 2.45) is 5.92 Å². The van der Waals surface area contributed by atoms with Gasteiger partial charge in [-0.15, -0.1) is 0 Å². The summed E-state index contributed by atoms with van der Waals surface area (Å²) >= 11 is 0. The Morgan fingerprint density at radius 3 is 2.20 bits per heavy atom. The molecule has 2 aromatic rings. The molecule has 4 atom stereocenters. The second kappa shape index (κ2) is 12.2. The van der Waals surface area contributed by atoms with Crippen LogP contribution in [0.15, 0.2) is 42.5 Å². The van der Waals surface area contributed by atoms with Crippen molar-refractivity contribution in [3.8, 4) is 0 Å². The molecule has 2 aliphatic heterocycles. The van der Waals surface area contributed by atoms with Crippen LogP contribution in [0.25, 0.3) is 0 Å². The standard InChI is InChI=1S/C29H35F6N3O3/c1-18-5-3-4-6-23(18)26-25-13-19(7-11-39)17-37(25)9-10-38(26)27(41)36(2)24(8-12-40)20-14-21(28(30,31)32)16-22(15-20)29(33,34)35/h3-6,14-16,19,24-26,39-40H,7-13,17H2,1-2H3. The molecule has 6 nitrogen and oxygen atoms in total. The number of rotatable bonds is 7. The van der Waals surface area contributed by atoms with Crippen LogP contribution >= 0.6 is 0 Å². The van der Waals surface area contributed by atoms with E-state index in [1.165, 1.54) is 7.05 Å². The second-order valence-corrected chi connectivity index (χ2v) is 10.9. The van der Waals surface area contributed by atoms with Crippen LogP contribution in [-0.4, -0.2) is 76.9 Å². The summed E-state index contributed by atoms with van der Waals surface area (Å²) in [6, 6.07) is 6.62. The van der Waals surface area contributed by atoms with Gasteiger partial charge < -0.3 is 20.0 Å². The lowest BCUT2D eigenvalue weighted by Crippen LogP contribution is -2.57. The van der Waals surface area contributed by atoms with Gasteiger partial charge in [-0.3, -0.25) is 4.90 Å². The van der Waals surface area contributed by atoms with Crippen molar-refractivity contribution in [3.63, 3.8) is 0 Å². The number of aliphatic hydroxyl groups excluding tert-OH is 2. The van der Waals surface area contributed by atoms with E-state index < -0.39 is 48.2 Å². The van der Waals surface area contributed by atoms with Crippen LogP contribution in [-0.2, 0) is 12.4 Å². The molecule has 12 heteroatoms. The van der Waals surface area contributed by atoms with Gasteiger partial charge in [0.25, 0.3) is 0 Å². The van der Waals surface area contributed by atoms with Crippen LogP contribution in [0.5, 0.6) is 0 Å². The number of aliphatic hydroxyl groups is 2. The number of aryl methyl sites for hydroxylation is 1. The molecule has 2 saturated heterocycles. The number of carbonyl (C=O) groups excluding carboxylic acids is 1. The summed E-state index contributed by atoms with van der Waals surface area (Å²) in [5, 5.41) is 19.3. The average Bonchev–Trinajstić information content (AvgIpc) is 3.32. The molecule has 4 rings (SSSR count). The molecule has 0 saturated carbocycles. The molecule has 0 spiro atoms. The lowest BCUT2D eigenvalue weighted by molar-refractivity contribution is -0.143. The van der Waals surface area contributed by atoms with E-state index in [-0.39, 0.29) is 36.6 Å². The van der Waals surface area contributed by atoms with Gasteiger partial charge in [-0.05, 0) is 67.0 Å². The SMILES string of the molecule is Cc1ccccc1C1C2CC(CCO)CN2CCN1C(=O)N(C)C(CCO)c1cc(C(F)(F)F)cc(C(F)(F)F)c1. The number of carbonyl (C=O) groups is 1. The maximum atomic E-state index is 14.1. The van der Waals surface area contributed by atoms with E-state index in [1.807, 2.05) is 31.2 Å². The minimum Gasteiger partial charge on any atom is -0.396 e. The highest BCUT2D eigenvalue weighted by Gasteiger charge is 2.46. The van der Waals surface area contributed by atoms with Gasteiger partial charge in [-0.25, -0.2) is 4.79 Å². The van der Waals surface area contributed by atoms with Crippen LogP contribution in [0.2, 0.25) is 0 Å². The summed E-state index contributed by atoms with van der Waals surface area (Å²) in [6.45, 7) is 3.03. The van der Waals surface area contributed by atoms with Gasteiger partial charge >= 0.3 is 18.4 Å². The Morgan fingerprint density at radius 2 is 1.63 bits per heavy atom. The molecule has 4 unspecified atom stereocenters. The molecular formula is C29H35F6N3O3. The number of hydrogen-bond acceptors (Lipinski definition) is 4. The molecule has 2 fully saturated rings. The molecule has 2 heterocycles. The van der Waals surface area contributed by atoms with Crippen molar-refractivity contribution in [1.82, 2.24) is 14.7 Å². The smallest absolute Gasteiger partial charge is 0.396 e. The first-order chi connectivity index (χ1) is 19.3. The number of alkyl halides is 6. The van der Waals surface area contributed by atoms with Gasteiger partial charge in [-0.2, -0.15) is 26.3 Å². The fraction of sp³-hybridized carbons (Fsp3) is 0.552. The highest BCUT2D eigenvalue weighted by molar-refractivity contribution is 5.76. The predicted molar refractivity (Wildman–Crippen MR) is 140 cm³/mol. The number of fused-ring (bicyclic) bond motifs is 1. The summed E-state index contributed by atoms with van der Waals surface area (Å²) < 4.78 is 81.6. The zero-order chi connectivity index (χ0) is 30.1. The minimum atomic E-state index is -5.04. The Morgan fingerprint density at radius 1 is 1.00 bits per heavy atom. The molecule has 2 aromatic carbocycles. The third kappa shape index (κ3) is 6.65. The number of amides is 2. The molecule has 0 radical (unpaired) electrons. The maximum Gasteiger partial charge on any atom is 0.416 e. The number of hydrogen-bond donors (Lipinski definition) is 2. The molecule has 41 heavy (non-hydrogen) atoms. The third-order valence-corrected chi connectivity index (χ3v) is 8.32. The van der Waals surface area contributed by atoms with Crippen molar-refractivity contribution in [3.05, 3.63) is 70.3 Å². The fourth-order valence-electron chi connectivity index (χ4n) is 6.31. The highest BCUT2D eigenvalue weighted by atomic mass is 19.4. The Labute approximate surface area is 235 Å². The van der Waals surface area contributed by atoms with Crippen LogP contribution in [0.3, 0.4) is 0 Å². The van der Waals surface area contributed by atoms with E-state index in [0.29, 0.717) is 31.6 Å². The molecule has 0 aromatic heterocycles. The molecule has 0 bridgehead atoms. The predicted octanol–water partition coefficient (Wildman–Crippen LogP) is 5.64. The molecule has 2 N–H and O–H groups in total. The van der Waals surface area contributed by atoms with E-state index in [4.69, 9.17) is 0 Å². The maximum absolute atomic E-state index is 14.1. The van der Waals surface area contributed by atoms with Gasteiger partial charge in [0.15, 0.2) is 0 Å². The van der Waals surface area contributed by atoms with Gasteiger partial charge in [-0.1, -0.05) is 24.3 Å². The average molecular weight is 588 g/mol. The number of urea groups is 1. The van der Waals surface area contributed by atoms with E-state index in [0.717, 1.165) is 29.0 Å². The van der Waals surface area contributed by atoms with E-state index in [1.54, 1.807) is 4.90 Å². The normalized spacial score (nSPS) is 22.5. The topological polar surface area (TPSA) is 67.2 Å². The van der Waals surface area contributed by atoms with Crippen molar-refractivity contribution >= 4 is 6.03 Å². The Balaban J connectivity index is 1.73. The fourth-order valence-corrected chi connectivity index (χ4v) is 6.31. The number of halogens is 6. The molecule has 0 aliphatic carbocycles. The third-order valence-electron chi connectivity index (χ3n) is 8.32. The van der Waals surface area contributed by atoms with E-state index in [9.17, 15) is 41.4 Å². The Hall–Kier alpha value is -2.83. The van der Waals surface area contributed by atoms with Gasteiger partial charge in [0.2, 0.25) is 0 Å². The molecule has 2 aliphatic rings. The Bertz CT molecular complexity index is 1190. The largest absolute Gasteiger partial charge is 0.416 e. The molecule has 226 valence electrons. The van der Waals surface area contributed by atoms with Crippen molar-refractivity contribution in [2.75, 3.05) is 39.9 Å². The number of nitrogens with zero attached hydrogens (tertiary/aromatic N) is 3. The number of benzene rings is 2. The molecule has 2 amide bonds. The van der Waals surface area contributed by atoms with Gasteiger partial charge in [0.05, 0.1) is 23.2 Å². The zero-order valence-electron chi connectivity index (χ0n) is 22.9. The lowest BCUT2D eigenvalue weighted by atomic mass is 9.89. The minimum absolute atomic E-state index is 0.0470. The first kappa shape index (κ1) is 31.1. The lowest BCUT2D eigenvalue weighted by Gasteiger charge is -2.47. The summed E-state index contributed by atoms with van der Waals surface area (Å²) in [6.07, 6.45) is -8.98. The van der Waals surface area contributed by atoms with Crippen molar-refractivity contribution < 1.29 is 41.4 Å². The first-order valence-corrected chi connectivity index (χ1v) is 13.6. The van der Waals surface area contributed by atoms with Gasteiger partial charge in [0, 0.05) is 45.9 Å². The summed E-state index contributed by atoms with van der Waals surface area (Å²) in [5.41, 5.74) is -1.44. The van der Waals surface area contributed by atoms with Crippen LogP contribution in [0, 0.1) is 12.8 Å². The highest BCUT2D eigenvalue weighted by Crippen LogP contribution is 2.43. The Kier molecular flexibility index (Phi) is 9.25. The second-order valence-electron chi connectivity index (χ2n) is 10.9. The summed E-state index contributed by atoms with van der Waals surface area (Å²) in [4.78, 5) is 19.2. The van der Waals surface area contributed by atoms with E-state index in [2.05, 4.69) is 4.90 Å². The van der Waals surface area contributed by atoms with Crippen LogP contribution in [0.1, 0.15) is 59.2 Å². The van der Waals surface area contributed by atoms with Gasteiger partial charge in [0.1, 0.15) is 0 Å². The van der Waals surface area contributed by atoms with Crippen molar-refractivity contribution in [1.29, 1.82) is 0 Å². The van der Waals surface area contributed by atoms with Crippen LogP contribution in [0.4, 0.5) is 31.1 Å². The summed E-state index contributed by atoms with van der Waals surface area (Å²) in [5.74, 6) is 0.234. The number of piperazine rings is 1.